The van der Waals surface area contributed by atoms with E-state index in [-0.39, 0.29) is 11.4 Å². The molecule has 0 amide bonds. The zero-order valence-corrected chi connectivity index (χ0v) is 27.4. The highest BCUT2D eigenvalue weighted by Gasteiger charge is 2.44. The van der Waals surface area contributed by atoms with E-state index in [2.05, 4.69) is 34.2 Å². The van der Waals surface area contributed by atoms with Crippen LogP contribution in [0.5, 0.6) is 0 Å². The molecule has 3 aromatic heterocycles. The summed E-state index contributed by atoms with van der Waals surface area (Å²) in [5.74, 6) is 0. The number of fused-ring (bicyclic) bond motifs is 8. The average molecular weight is 665 g/mol. The van der Waals surface area contributed by atoms with Gasteiger partial charge < -0.3 is 25.4 Å². The Hall–Kier alpha value is -6.54. The van der Waals surface area contributed by atoms with E-state index in [1.807, 2.05) is 133 Å². The lowest BCUT2D eigenvalue weighted by molar-refractivity contribution is -0.614. The summed E-state index contributed by atoms with van der Waals surface area (Å²) in [6.45, 7) is 0. The molecule has 0 spiro atoms. The van der Waals surface area contributed by atoms with Gasteiger partial charge in [-0.1, -0.05) is 121 Å². The first kappa shape index (κ1) is 30.5. The van der Waals surface area contributed by atoms with Crippen molar-refractivity contribution in [2.75, 3.05) is 0 Å². The van der Waals surface area contributed by atoms with E-state index in [9.17, 15) is 15.4 Å². The lowest BCUT2D eigenvalue weighted by Gasteiger charge is -2.08. The number of aromatic amines is 2. The highest BCUT2D eigenvalue weighted by Crippen LogP contribution is 2.43. The summed E-state index contributed by atoms with van der Waals surface area (Å²) in [6.07, 6.45) is 1.06. The molecule has 4 aromatic carbocycles. The Morgan fingerprint density at radius 3 is 1.06 bits per heavy atom. The first-order valence-electron chi connectivity index (χ1n) is 16.9. The summed E-state index contributed by atoms with van der Waals surface area (Å²) in [7, 11) is 0. The number of rotatable bonds is 4. The minimum Gasteiger partial charge on any atom is -0.618 e. The third-order valence-corrected chi connectivity index (χ3v) is 9.66. The molecule has 5 heterocycles. The Labute approximate surface area is 293 Å². The van der Waals surface area contributed by atoms with E-state index < -0.39 is 12.2 Å². The van der Waals surface area contributed by atoms with Crippen molar-refractivity contribution in [2.24, 2.45) is 0 Å². The Balaban J connectivity index is 1.53. The van der Waals surface area contributed by atoms with Gasteiger partial charge in [0.25, 0.3) is 0 Å². The largest absolute Gasteiger partial charge is 0.618 e. The van der Waals surface area contributed by atoms with Crippen molar-refractivity contribution in [1.29, 1.82) is 0 Å². The van der Waals surface area contributed by atoms with Gasteiger partial charge in [-0.05, 0) is 58.7 Å². The normalized spacial score (nSPS) is 15.3. The van der Waals surface area contributed by atoms with Crippen molar-refractivity contribution in [3.8, 4) is 44.5 Å². The van der Waals surface area contributed by atoms with Gasteiger partial charge in [-0.2, -0.15) is 4.73 Å². The SMILES string of the molecule is [O-][n+]1c2c(-c3ccccc3)c3ccc([nH]3)c(-c3ccccc3)c3nc(c(-c4ccccc4)c4ccc([nH]4)c(-c4ccccc4)c1[C@H](O)[C@@H]2O)C=C3. The van der Waals surface area contributed by atoms with Gasteiger partial charge in [-0.15, -0.1) is 0 Å². The lowest BCUT2D eigenvalue weighted by Crippen LogP contribution is -2.32. The van der Waals surface area contributed by atoms with Crippen molar-refractivity contribution in [2.45, 2.75) is 12.2 Å². The van der Waals surface area contributed by atoms with Gasteiger partial charge in [0.05, 0.1) is 33.5 Å². The number of hydrogen-bond acceptors (Lipinski definition) is 4. The first-order chi connectivity index (χ1) is 25.1. The van der Waals surface area contributed by atoms with E-state index in [1.165, 1.54) is 0 Å². The van der Waals surface area contributed by atoms with Crippen LogP contribution in [-0.4, -0.2) is 25.2 Å². The zero-order chi connectivity index (χ0) is 34.5. The maximum Gasteiger partial charge on any atom is 0.235 e. The Bertz CT molecular complexity index is 2430. The molecule has 246 valence electrons. The van der Waals surface area contributed by atoms with Crippen LogP contribution in [0.2, 0.25) is 0 Å². The summed E-state index contributed by atoms with van der Waals surface area (Å²) in [4.78, 5) is 12.5. The first-order valence-corrected chi connectivity index (χ1v) is 16.9. The fraction of sp³-hybridized carbons (Fsp3) is 0.0455. The van der Waals surface area contributed by atoms with E-state index in [0.29, 0.717) is 22.2 Å². The topological polar surface area (TPSA) is 112 Å². The summed E-state index contributed by atoms with van der Waals surface area (Å²) in [5.41, 5.74) is 10.6. The van der Waals surface area contributed by atoms with Gasteiger partial charge in [0.2, 0.25) is 11.4 Å². The number of benzene rings is 4. The molecule has 0 radical (unpaired) electrons. The predicted molar refractivity (Wildman–Crippen MR) is 203 cm³/mol. The lowest BCUT2D eigenvalue weighted by atomic mass is 9.97. The minimum absolute atomic E-state index is 0.0518. The number of aliphatic hydroxyl groups excluding tert-OH is 2. The van der Waals surface area contributed by atoms with Crippen LogP contribution in [0.25, 0.3) is 78.7 Å². The van der Waals surface area contributed by atoms with Crippen LogP contribution in [0.15, 0.2) is 146 Å². The molecule has 0 saturated carbocycles. The monoisotopic (exact) mass is 664 g/mol. The number of aromatic nitrogens is 4. The summed E-state index contributed by atoms with van der Waals surface area (Å²) in [6, 6.07) is 46.9. The van der Waals surface area contributed by atoms with Crippen molar-refractivity contribution < 1.29 is 14.9 Å². The molecular weight excluding hydrogens is 633 g/mol. The molecule has 4 N–H and O–H groups in total. The van der Waals surface area contributed by atoms with Crippen LogP contribution in [0.1, 0.15) is 35.0 Å². The van der Waals surface area contributed by atoms with Crippen LogP contribution in [0.4, 0.5) is 0 Å². The molecule has 0 fully saturated rings. The van der Waals surface area contributed by atoms with Gasteiger partial charge >= 0.3 is 0 Å². The Morgan fingerprint density at radius 1 is 0.431 bits per heavy atom. The van der Waals surface area contributed by atoms with E-state index in [4.69, 9.17) is 4.98 Å². The number of H-pyrrole nitrogens is 2. The molecule has 7 nitrogen and oxygen atoms in total. The quantitative estimate of drug-likeness (QED) is 0.111. The number of nitrogens with one attached hydrogen (secondary N) is 2. The summed E-state index contributed by atoms with van der Waals surface area (Å²) >= 11 is 0. The number of aliphatic hydroxyl groups is 2. The van der Waals surface area contributed by atoms with Crippen molar-refractivity contribution >= 4 is 34.2 Å². The fourth-order valence-corrected chi connectivity index (χ4v) is 7.37. The highest BCUT2D eigenvalue weighted by atomic mass is 16.5. The van der Waals surface area contributed by atoms with Gasteiger partial charge in [-0.3, -0.25) is 0 Å². The molecule has 7 aromatic rings. The van der Waals surface area contributed by atoms with Gasteiger partial charge in [-0.25, -0.2) is 4.98 Å². The second kappa shape index (κ2) is 12.4. The molecular formula is C44H32N4O3. The van der Waals surface area contributed by atoms with E-state index >= 15 is 0 Å². The summed E-state index contributed by atoms with van der Waals surface area (Å²) in [5, 5.41) is 38.5. The highest BCUT2D eigenvalue weighted by molar-refractivity contribution is 5.97. The molecule has 7 heteroatoms. The van der Waals surface area contributed by atoms with Gasteiger partial charge in [0, 0.05) is 22.2 Å². The fourth-order valence-electron chi connectivity index (χ4n) is 7.37. The average Bonchev–Trinajstić information content (AvgIpc) is 3.99. The molecule has 8 bridgehead atoms. The molecule has 0 saturated heterocycles. The number of hydrogen-bond donors (Lipinski definition) is 4. The van der Waals surface area contributed by atoms with Crippen molar-refractivity contribution in [1.82, 2.24) is 15.0 Å². The van der Waals surface area contributed by atoms with Crippen molar-refractivity contribution in [3.63, 3.8) is 0 Å². The zero-order valence-electron chi connectivity index (χ0n) is 27.4. The standard InChI is InChI=1S/C44H32N4O3/c49-43-41-39(29-17-9-3-10-18-29)35-25-23-33(46-35)37(27-13-5-1-6-14-27)31-21-22-32(45-31)38(28-15-7-2-8-16-28)34-24-26-36(47-34)40(30-19-11-4-12-20-30)42(44(43)50)48(41)51/h1-26,43-44,46-47,49-50H/t43-,44+. The van der Waals surface area contributed by atoms with Gasteiger partial charge in [0.1, 0.15) is 0 Å². The molecule has 2 aliphatic heterocycles. The summed E-state index contributed by atoms with van der Waals surface area (Å²) < 4.78 is 0.723. The molecule has 2 atom stereocenters. The second-order valence-corrected chi connectivity index (χ2v) is 12.7. The van der Waals surface area contributed by atoms with Crippen LogP contribution in [-0.2, 0) is 0 Å². The molecule has 2 aliphatic rings. The van der Waals surface area contributed by atoms with Crippen LogP contribution < -0.4 is 4.73 Å². The van der Waals surface area contributed by atoms with E-state index in [0.717, 1.165) is 60.5 Å². The van der Waals surface area contributed by atoms with Gasteiger partial charge in [0.15, 0.2) is 12.2 Å². The van der Waals surface area contributed by atoms with Crippen LogP contribution >= 0.6 is 0 Å². The predicted octanol–water partition coefficient (Wildman–Crippen LogP) is 9.16. The Morgan fingerprint density at radius 2 is 0.725 bits per heavy atom. The van der Waals surface area contributed by atoms with Crippen LogP contribution in [0, 0.1) is 5.21 Å². The third-order valence-electron chi connectivity index (χ3n) is 9.66. The molecule has 0 aliphatic carbocycles. The molecule has 9 rings (SSSR count). The third kappa shape index (κ3) is 5.15. The maximum absolute atomic E-state index is 14.8. The van der Waals surface area contributed by atoms with E-state index in [1.54, 1.807) is 0 Å². The molecule has 51 heavy (non-hydrogen) atoms. The molecule has 0 unspecified atom stereocenters. The minimum atomic E-state index is -1.51. The second-order valence-electron chi connectivity index (χ2n) is 12.7. The number of nitrogens with zero attached hydrogens (tertiary/aromatic N) is 2. The Kier molecular flexibility index (Phi) is 7.42. The van der Waals surface area contributed by atoms with Crippen molar-refractivity contribution in [3.05, 3.63) is 174 Å². The maximum atomic E-state index is 14.8. The smallest absolute Gasteiger partial charge is 0.235 e. The van der Waals surface area contributed by atoms with Crippen LogP contribution in [0.3, 0.4) is 0 Å².